The number of rotatable bonds is 5. The second-order valence-electron chi connectivity index (χ2n) is 5.30. The molecule has 0 bridgehead atoms. The van der Waals surface area contributed by atoms with Crippen molar-refractivity contribution in [3.63, 3.8) is 0 Å². The van der Waals surface area contributed by atoms with Crippen LogP contribution < -0.4 is 4.72 Å². The number of aliphatic imine (C=N–C) groups is 1. The molecule has 1 aromatic rings. The molecule has 0 radical (unpaired) electrons. The van der Waals surface area contributed by atoms with Crippen molar-refractivity contribution in [2.45, 2.75) is 11.8 Å². The molecule has 0 heterocycles. The predicted molar refractivity (Wildman–Crippen MR) is 93.7 cm³/mol. The Morgan fingerprint density at radius 2 is 1.82 bits per heavy atom. The zero-order valence-electron chi connectivity index (χ0n) is 13.6. The first-order valence-electron chi connectivity index (χ1n) is 6.80. The fraction of sp³-hybridized carbons (Fsp3) is 0.500. The van der Waals surface area contributed by atoms with Crippen molar-refractivity contribution in [3.8, 4) is 0 Å². The summed E-state index contributed by atoms with van der Waals surface area (Å²) in [6, 6.07) is 5.23. The van der Waals surface area contributed by atoms with E-state index in [1.54, 1.807) is 12.1 Å². The number of hydrogen-bond acceptors (Lipinski definition) is 3. The van der Waals surface area contributed by atoms with Crippen LogP contribution in [0.2, 0.25) is 0 Å². The van der Waals surface area contributed by atoms with Crippen molar-refractivity contribution in [2.75, 3.05) is 41.3 Å². The molecular weight excluding hydrogens is 368 g/mol. The van der Waals surface area contributed by atoms with Gasteiger partial charge < -0.3 is 9.80 Å². The van der Waals surface area contributed by atoms with Crippen LogP contribution in [-0.2, 0) is 10.0 Å². The SMILES string of the molecule is Cc1ccc(Br)c(S(=O)(=O)NCCN=C(N(C)C)N(C)C)c1. The molecule has 0 saturated carbocycles. The maximum atomic E-state index is 12.3. The fourth-order valence-corrected chi connectivity index (χ4v) is 3.98. The quantitative estimate of drug-likeness (QED) is 0.470. The van der Waals surface area contributed by atoms with Gasteiger partial charge in [0.1, 0.15) is 0 Å². The van der Waals surface area contributed by atoms with Crippen molar-refractivity contribution >= 4 is 31.9 Å². The molecule has 1 N–H and O–H groups in total. The molecule has 22 heavy (non-hydrogen) atoms. The molecule has 0 saturated heterocycles. The predicted octanol–water partition coefficient (Wildman–Crippen LogP) is 1.52. The van der Waals surface area contributed by atoms with Crippen LogP contribution in [0.25, 0.3) is 0 Å². The molecule has 0 aliphatic heterocycles. The largest absolute Gasteiger partial charge is 0.349 e. The molecule has 0 aliphatic rings. The first kappa shape index (κ1) is 18.9. The molecule has 0 unspecified atom stereocenters. The Kier molecular flexibility index (Phi) is 6.83. The van der Waals surface area contributed by atoms with Gasteiger partial charge in [-0.3, -0.25) is 4.99 Å². The zero-order valence-corrected chi connectivity index (χ0v) is 16.0. The van der Waals surface area contributed by atoms with Crippen LogP contribution in [0.4, 0.5) is 0 Å². The Labute approximate surface area is 141 Å². The summed E-state index contributed by atoms with van der Waals surface area (Å²) in [4.78, 5) is 8.40. The number of aryl methyl sites for hydroxylation is 1. The van der Waals surface area contributed by atoms with E-state index in [-0.39, 0.29) is 11.4 Å². The Hall–Kier alpha value is -1.12. The maximum Gasteiger partial charge on any atom is 0.241 e. The lowest BCUT2D eigenvalue weighted by molar-refractivity contribution is 0.479. The van der Waals surface area contributed by atoms with Crippen LogP contribution in [0.3, 0.4) is 0 Å². The van der Waals surface area contributed by atoms with Gasteiger partial charge in [0.15, 0.2) is 5.96 Å². The molecule has 1 aromatic carbocycles. The standard InChI is InChI=1S/C14H23BrN4O2S/c1-11-6-7-12(15)13(10-11)22(20,21)17-9-8-16-14(18(2)3)19(4)5/h6-7,10,17H,8-9H2,1-5H3. The Bertz CT molecular complexity index is 632. The Balaban J connectivity index is 2.75. The number of hydrogen-bond donors (Lipinski definition) is 1. The summed E-state index contributed by atoms with van der Waals surface area (Å²) in [5.41, 5.74) is 0.893. The van der Waals surface area contributed by atoms with Crippen LogP contribution in [0.5, 0.6) is 0 Å². The molecule has 0 aromatic heterocycles. The number of halogens is 1. The molecule has 0 fully saturated rings. The molecule has 8 heteroatoms. The van der Waals surface area contributed by atoms with Crippen molar-refractivity contribution in [1.29, 1.82) is 0 Å². The van der Waals surface area contributed by atoms with E-state index in [2.05, 4.69) is 25.6 Å². The first-order chi connectivity index (χ1) is 10.1. The molecule has 1 rings (SSSR count). The van der Waals surface area contributed by atoms with E-state index in [0.717, 1.165) is 11.5 Å². The van der Waals surface area contributed by atoms with Crippen molar-refractivity contribution in [2.24, 2.45) is 4.99 Å². The molecule has 6 nitrogen and oxygen atoms in total. The minimum absolute atomic E-state index is 0.244. The molecule has 0 amide bonds. The third kappa shape index (κ3) is 5.26. The highest BCUT2D eigenvalue weighted by molar-refractivity contribution is 9.10. The maximum absolute atomic E-state index is 12.3. The van der Waals surface area contributed by atoms with Gasteiger partial charge in [0.25, 0.3) is 0 Å². The number of nitrogens with zero attached hydrogens (tertiary/aromatic N) is 3. The Morgan fingerprint density at radius 1 is 1.23 bits per heavy atom. The number of nitrogens with one attached hydrogen (secondary N) is 1. The summed E-state index contributed by atoms with van der Waals surface area (Å²) in [5, 5.41) is 0. The number of guanidine groups is 1. The van der Waals surface area contributed by atoms with Crippen molar-refractivity contribution in [3.05, 3.63) is 28.2 Å². The van der Waals surface area contributed by atoms with E-state index in [1.165, 1.54) is 0 Å². The van der Waals surface area contributed by atoms with Gasteiger partial charge in [-0.15, -0.1) is 0 Å². The third-order valence-corrected chi connectivity index (χ3v) is 5.29. The normalized spacial score (nSPS) is 11.2. The smallest absolute Gasteiger partial charge is 0.241 e. The summed E-state index contributed by atoms with van der Waals surface area (Å²) in [6.07, 6.45) is 0. The molecular formula is C14H23BrN4O2S. The van der Waals surface area contributed by atoms with E-state index in [0.29, 0.717) is 11.0 Å². The van der Waals surface area contributed by atoms with Gasteiger partial charge >= 0.3 is 0 Å². The lowest BCUT2D eigenvalue weighted by Crippen LogP contribution is -2.36. The third-order valence-electron chi connectivity index (χ3n) is 2.83. The summed E-state index contributed by atoms with van der Waals surface area (Å²) in [5.74, 6) is 0.788. The van der Waals surface area contributed by atoms with Gasteiger partial charge in [-0.05, 0) is 40.5 Å². The Morgan fingerprint density at radius 3 is 2.36 bits per heavy atom. The zero-order chi connectivity index (χ0) is 16.9. The highest BCUT2D eigenvalue weighted by Crippen LogP contribution is 2.22. The monoisotopic (exact) mass is 390 g/mol. The molecule has 0 aliphatic carbocycles. The van der Waals surface area contributed by atoms with Gasteiger partial charge in [0, 0.05) is 39.2 Å². The topological polar surface area (TPSA) is 65.0 Å². The van der Waals surface area contributed by atoms with Crippen molar-refractivity contribution in [1.82, 2.24) is 14.5 Å². The first-order valence-corrected chi connectivity index (χ1v) is 9.07. The molecule has 0 atom stereocenters. The van der Waals surface area contributed by atoms with Crippen LogP contribution in [0.15, 0.2) is 32.6 Å². The van der Waals surface area contributed by atoms with Gasteiger partial charge in [-0.25, -0.2) is 13.1 Å². The van der Waals surface area contributed by atoms with Gasteiger partial charge in [0.05, 0.1) is 11.4 Å². The second kappa shape index (κ2) is 7.94. The molecule has 124 valence electrons. The van der Waals surface area contributed by atoms with E-state index < -0.39 is 10.0 Å². The summed E-state index contributed by atoms with van der Waals surface area (Å²) in [6.45, 7) is 2.47. The van der Waals surface area contributed by atoms with Crippen molar-refractivity contribution < 1.29 is 8.42 Å². The van der Waals surface area contributed by atoms with E-state index in [9.17, 15) is 8.42 Å². The summed E-state index contributed by atoms with van der Waals surface area (Å²) < 4.78 is 27.7. The number of benzene rings is 1. The average Bonchev–Trinajstić information content (AvgIpc) is 2.40. The van der Waals surface area contributed by atoms with Crippen LogP contribution in [-0.4, -0.2) is 65.5 Å². The van der Waals surface area contributed by atoms with Crippen LogP contribution >= 0.6 is 15.9 Å². The average molecular weight is 391 g/mol. The minimum atomic E-state index is -3.55. The number of sulfonamides is 1. The lowest BCUT2D eigenvalue weighted by Gasteiger charge is -2.22. The highest BCUT2D eigenvalue weighted by Gasteiger charge is 2.17. The van der Waals surface area contributed by atoms with Gasteiger partial charge in [-0.2, -0.15) is 0 Å². The highest BCUT2D eigenvalue weighted by atomic mass is 79.9. The summed E-state index contributed by atoms with van der Waals surface area (Å²) >= 11 is 3.28. The van der Waals surface area contributed by atoms with Crippen LogP contribution in [0.1, 0.15) is 5.56 Å². The van der Waals surface area contributed by atoms with Crippen LogP contribution in [0, 0.1) is 6.92 Å². The minimum Gasteiger partial charge on any atom is -0.349 e. The summed E-state index contributed by atoms with van der Waals surface area (Å²) in [7, 11) is 4.04. The molecule has 0 spiro atoms. The van der Waals surface area contributed by atoms with Gasteiger partial charge in [-0.1, -0.05) is 6.07 Å². The van der Waals surface area contributed by atoms with E-state index >= 15 is 0 Å². The van der Waals surface area contributed by atoms with Gasteiger partial charge in [0.2, 0.25) is 10.0 Å². The fourth-order valence-electron chi connectivity index (χ4n) is 1.91. The van der Waals surface area contributed by atoms with E-state index in [1.807, 2.05) is 51.0 Å². The lowest BCUT2D eigenvalue weighted by atomic mass is 10.2. The second-order valence-corrected chi connectivity index (χ2v) is 7.89. The van der Waals surface area contributed by atoms with E-state index in [4.69, 9.17) is 0 Å².